The number of rotatable bonds is 1. The van der Waals surface area contributed by atoms with Crippen molar-refractivity contribution in [1.29, 1.82) is 0 Å². The summed E-state index contributed by atoms with van der Waals surface area (Å²) < 4.78 is 16.3. The highest BCUT2D eigenvalue weighted by atomic mass is 16.7. The van der Waals surface area contributed by atoms with Gasteiger partial charge in [0.1, 0.15) is 0 Å². The normalized spacial score (nSPS) is 37.6. The fraction of sp³-hybridized carbons (Fsp3) is 0.917. The Morgan fingerprint density at radius 1 is 1.38 bits per heavy atom. The molecule has 1 aliphatic carbocycles. The summed E-state index contributed by atoms with van der Waals surface area (Å²) in [7, 11) is 1.45. The van der Waals surface area contributed by atoms with Crippen molar-refractivity contribution in [2.24, 2.45) is 11.8 Å². The van der Waals surface area contributed by atoms with Crippen molar-refractivity contribution in [3.63, 3.8) is 0 Å². The molecule has 0 spiro atoms. The van der Waals surface area contributed by atoms with Crippen LogP contribution in [0, 0.1) is 11.8 Å². The molecule has 0 aromatic heterocycles. The van der Waals surface area contributed by atoms with Gasteiger partial charge in [-0.05, 0) is 33.1 Å². The highest BCUT2D eigenvalue weighted by Gasteiger charge is 2.42. The molecule has 4 nitrogen and oxygen atoms in total. The molecule has 4 heteroatoms. The molecule has 2 aliphatic rings. The molecule has 0 aromatic rings. The third kappa shape index (κ3) is 2.38. The van der Waals surface area contributed by atoms with Crippen molar-refractivity contribution in [3.05, 3.63) is 0 Å². The Kier molecular flexibility index (Phi) is 3.22. The number of fused-ring (bicyclic) bond motifs is 1. The van der Waals surface area contributed by atoms with Crippen molar-refractivity contribution in [1.82, 2.24) is 0 Å². The molecule has 3 atom stereocenters. The quantitative estimate of drug-likeness (QED) is 0.641. The highest BCUT2D eigenvalue weighted by molar-refractivity contribution is 5.72. The van der Waals surface area contributed by atoms with Gasteiger partial charge in [0.05, 0.1) is 25.7 Å². The Labute approximate surface area is 96.2 Å². The minimum atomic E-state index is -0.515. The zero-order chi connectivity index (χ0) is 11.8. The van der Waals surface area contributed by atoms with Crippen LogP contribution in [-0.2, 0) is 19.0 Å². The fourth-order valence-corrected chi connectivity index (χ4v) is 2.61. The van der Waals surface area contributed by atoms with Crippen molar-refractivity contribution in [2.75, 3.05) is 13.7 Å². The Balaban J connectivity index is 1.98. The molecule has 16 heavy (non-hydrogen) atoms. The van der Waals surface area contributed by atoms with Gasteiger partial charge in [-0.1, -0.05) is 0 Å². The molecular formula is C12H20O4. The number of methoxy groups -OCH3 is 1. The summed E-state index contributed by atoms with van der Waals surface area (Å²) in [5.74, 6) is -0.181. The van der Waals surface area contributed by atoms with E-state index >= 15 is 0 Å². The lowest BCUT2D eigenvalue weighted by atomic mass is 9.79. The van der Waals surface area contributed by atoms with E-state index in [-0.39, 0.29) is 18.0 Å². The second-order valence-corrected chi connectivity index (χ2v) is 5.16. The molecule has 2 rings (SSSR count). The summed E-state index contributed by atoms with van der Waals surface area (Å²) in [5.41, 5.74) is 0. The van der Waals surface area contributed by atoms with Crippen LogP contribution in [0.25, 0.3) is 0 Å². The number of hydrogen-bond donors (Lipinski definition) is 0. The van der Waals surface area contributed by atoms with Gasteiger partial charge in [-0.25, -0.2) is 0 Å². The summed E-state index contributed by atoms with van der Waals surface area (Å²) in [6, 6.07) is 0. The van der Waals surface area contributed by atoms with E-state index in [4.69, 9.17) is 14.2 Å². The van der Waals surface area contributed by atoms with Crippen molar-refractivity contribution < 1.29 is 19.0 Å². The molecular weight excluding hydrogens is 208 g/mol. The van der Waals surface area contributed by atoms with Gasteiger partial charge in [-0.15, -0.1) is 0 Å². The molecule has 0 bridgehead atoms. The lowest BCUT2D eigenvalue weighted by Crippen LogP contribution is -2.49. The first kappa shape index (κ1) is 11.9. The number of hydrogen-bond acceptors (Lipinski definition) is 4. The lowest BCUT2D eigenvalue weighted by Gasteiger charge is -2.44. The average Bonchev–Trinajstić information content (AvgIpc) is 2.25. The summed E-state index contributed by atoms with van der Waals surface area (Å²) in [6.45, 7) is 4.58. The maximum Gasteiger partial charge on any atom is 0.308 e. The van der Waals surface area contributed by atoms with Gasteiger partial charge in [-0.3, -0.25) is 4.79 Å². The topological polar surface area (TPSA) is 44.8 Å². The Morgan fingerprint density at radius 2 is 2.12 bits per heavy atom. The summed E-state index contributed by atoms with van der Waals surface area (Å²) >= 11 is 0. The lowest BCUT2D eigenvalue weighted by molar-refractivity contribution is -0.301. The van der Waals surface area contributed by atoms with Gasteiger partial charge in [0.15, 0.2) is 5.79 Å². The van der Waals surface area contributed by atoms with E-state index in [2.05, 4.69) is 0 Å². The second-order valence-electron chi connectivity index (χ2n) is 5.16. The predicted octanol–water partition coefficient (Wildman–Crippen LogP) is 1.73. The molecule has 1 saturated carbocycles. The first-order valence-electron chi connectivity index (χ1n) is 5.91. The molecule has 0 N–H and O–H groups in total. The first-order chi connectivity index (χ1) is 7.52. The number of carbonyl (C=O) groups is 1. The number of esters is 1. The standard InChI is InChI=1S/C12H20O4/c1-12(2)15-7-9-5-4-8(11(13)14-3)6-10(9)16-12/h8-10H,4-7H2,1-3H3. The molecule has 1 aliphatic heterocycles. The molecule has 0 aromatic carbocycles. The van der Waals surface area contributed by atoms with Gasteiger partial charge >= 0.3 is 5.97 Å². The highest BCUT2D eigenvalue weighted by Crippen LogP contribution is 2.38. The summed E-state index contributed by atoms with van der Waals surface area (Å²) in [6.07, 6.45) is 2.78. The number of ether oxygens (including phenoxy) is 3. The molecule has 92 valence electrons. The van der Waals surface area contributed by atoms with Crippen LogP contribution in [0.4, 0.5) is 0 Å². The van der Waals surface area contributed by atoms with E-state index in [9.17, 15) is 4.79 Å². The van der Waals surface area contributed by atoms with E-state index < -0.39 is 5.79 Å². The van der Waals surface area contributed by atoms with Crippen molar-refractivity contribution in [2.45, 2.75) is 45.0 Å². The molecule has 0 amide bonds. The molecule has 3 unspecified atom stereocenters. The number of carbonyl (C=O) groups excluding carboxylic acids is 1. The van der Waals surface area contributed by atoms with Gasteiger partial charge in [0, 0.05) is 5.92 Å². The minimum Gasteiger partial charge on any atom is -0.469 e. The maximum absolute atomic E-state index is 11.5. The molecule has 0 radical (unpaired) electrons. The van der Waals surface area contributed by atoms with E-state index in [1.165, 1.54) is 7.11 Å². The van der Waals surface area contributed by atoms with Gasteiger partial charge in [-0.2, -0.15) is 0 Å². The van der Waals surface area contributed by atoms with Gasteiger partial charge in [0.2, 0.25) is 0 Å². The van der Waals surface area contributed by atoms with E-state index in [0.29, 0.717) is 5.92 Å². The van der Waals surface area contributed by atoms with E-state index in [1.807, 2.05) is 13.8 Å². The average molecular weight is 228 g/mol. The fourth-order valence-electron chi connectivity index (χ4n) is 2.61. The van der Waals surface area contributed by atoms with Crippen LogP contribution < -0.4 is 0 Å². The van der Waals surface area contributed by atoms with Crippen LogP contribution in [-0.4, -0.2) is 31.6 Å². The summed E-state index contributed by atoms with van der Waals surface area (Å²) in [5, 5.41) is 0. The minimum absolute atomic E-state index is 0.000139. The largest absolute Gasteiger partial charge is 0.469 e. The predicted molar refractivity (Wildman–Crippen MR) is 57.8 cm³/mol. The van der Waals surface area contributed by atoms with Crippen molar-refractivity contribution in [3.8, 4) is 0 Å². The third-order valence-corrected chi connectivity index (χ3v) is 3.54. The van der Waals surface area contributed by atoms with Gasteiger partial charge < -0.3 is 14.2 Å². The van der Waals surface area contributed by atoms with Crippen molar-refractivity contribution >= 4 is 5.97 Å². The van der Waals surface area contributed by atoms with Crippen LogP contribution in [0.3, 0.4) is 0 Å². The first-order valence-corrected chi connectivity index (χ1v) is 5.91. The van der Waals surface area contributed by atoms with E-state index in [1.54, 1.807) is 0 Å². The Morgan fingerprint density at radius 3 is 2.81 bits per heavy atom. The SMILES string of the molecule is COC(=O)C1CCC2COC(C)(C)OC2C1. The third-order valence-electron chi connectivity index (χ3n) is 3.54. The van der Waals surface area contributed by atoms with Gasteiger partial charge in [0.25, 0.3) is 0 Å². The zero-order valence-electron chi connectivity index (χ0n) is 10.2. The van der Waals surface area contributed by atoms with Crippen LogP contribution >= 0.6 is 0 Å². The van der Waals surface area contributed by atoms with Crippen LogP contribution in [0.1, 0.15) is 33.1 Å². The smallest absolute Gasteiger partial charge is 0.308 e. The second kappa shape index (κ2) is 4.34. The molecule has 1 heterocycles. The van der Waals surface area contributed by atoms with Crippen LogP contribution in [0.5, 0.6) is 0 Å². The Hall–Kier alpha value is -0.610. The zero-order valence-corrected chi connectivity index (χ0v) is 10.2. The molecule has 1 saturated heterocycles. The monoisotopic (exact) mass is 228 g/mol. The summed E-state index contributed by atoms with van der Waals surface area (Å²) in [4.78, 5) is 11.5. The van der Waals surface area contributed by atoms with E-state index in [0.717, 1.165) is 25.9 Å². The maximum atomic E-state index is 11.5. The Bertz CT molecular complexity index is 274. The van der Waals surface area contributed by atoms with Crippen LogP contribution in [0.15, 0.2) is 0 Å². The molecule has 2 fully saturated rings. The van der Waals surface area contributed by atoms with Crippen LogP contribution in [0.2, 0.25) is 0 Å².